The second-order valence-electron chi connectivity index (χ2n) is 5.57. The van der Waals surface area contributed by atoms with Gasteiger partial charge in [-0.05, 0) is 85.7 Å². The molecule has 0 aliphatic heterocycles. The molecule has 0 spiro atoms. The number of rotatable bonds is 5. The summed E-state index contributed by atoms with van der Waals surface area (Å²) < 4.78 is 6.96. The van der Waals surface area contributed by atoms with Crippen LogP contribution in [0.2, 0.25) is 0 Å². The molecule has 0 saturated heterocycles. The van der Waals surface area contributed by atoms with Gasteiger partial charge < -0.3 is 10.1 Å². The van der Waals surface area contributed by atoms with Crippen LogP contribution in [0.15, 0.2) is 42.5 Å². The molecule has 0 heterocycles. The Bertz CT molecular complexity index is 593. The van der Waals surface area contributed by atoms with E-state index in [2.05, 4.69) is 72.1 Å². The summed E-state index contributed by atoms with van der Waals surface area (Å²) in [5.74, 6) is 0.922. The largest absolute Gasteiger partial charge is 0.491 e. The maximum atomic E-state index is 5.67. The van der Waals surface area contributed by atoms with Crippen molar-refractivity contribution in [1.82, 2.24) is 0 Å². The molecular weight excluding hydrogens is 373 g/mol. The normalized spacial score (nSPS) is 12.3. The molecule has 1 N–H and O–H groups in total. The third kappa shape index (κ3) is 4.63. The second-order valence-corrected chi connectivity index (χ2v) is 6.73. The highest BCUT2D eigenvalue weighted by atomic mass is 127. The zero-order valence-electron chi connectivity index (χ0n) is 13.0. The molecule has 0 aliphatic carbocycles. The Morgan fingerprint density at radius 3 is 2.24 bits per heavy atom. The molecule has 0 saturated carbocycles. The Morgan fingerprint density at radius 1 is 1.00 bits per heavy atom. The third-order valence-electron chi connectivity index (χ3n) is 3.31. The van der Waals surface area contributed by atoms with Gasteiger partial charge in [0.25, 0.3) is 0 Å². The molecule has 2 aromatic carbocycles. The van der Waals surface area contributed by atoms with Gasteiger partial charge in [-0.25, -0.2) is 0 Å². The molecule has 0 aromatic heterocycles. The van der Waals surface area contributed by atoms with Gasteiger partial charge in [-0.15, -0.1) is 0 Å². The summed E-state index contributed by atoms with van der Waals surface area (Å²) in [5.41, 5.74) is 3.71. The molecule has 0 aliphatic rings. The maximum absolute atomic E-state index is 5.67. The smallest absolute Gasteiger partial charge is 0.119 e. The van der Waals surface area contributed by atoms with Crippen molar-refractivity contribution in [3.05, 3.63) is 57.2 Å². The van der Waals surface area contributed by atoms with Crippen LogP contribution in [0.4, 0.5) is 5.69 Å². The molecule has 0 amide bonds. The Balaban J connectivity index is 2.05. The molecular formula is C18H22INO. The summed E-state index contributed by atoms with van der Waals surface area (Å²) in [7, 11) is 0. The highest BCUT2D eigenvalue weighted by Crippen LogP contribution is 2.24. The zero-order valence-corrected chi connectivity index (χ0v) is 15.1. The maximum Gasteiger partial charge on any atom is 0.119 e. The number of nitrogens with one attached hydrogen (secondary N) is 1. The first-order chi connectivity index (χ1) is 9.95. The SMILES string of the molecule is Cc1ccc(NC(C)c2ccc(OC(C)C)cc2)cc1I. The number of hydrogen-bond donors (Lipinski definition) is 1. The minimum Gasteiger partial charge on any atom is -0.491 e. The quantitative estimate of drug-likeness (QED) is 0.670. The molecule has 2 nitrogen and oxygen atoms in total. The Kier molecular flexibility index (Phi) is 5.51. The van der Waals surface area contributed by atoms with Crippen molar-refractivity contribution in [3.8, 4) is 5.75 Å². The first-order valence-electron chi connectivity index (χ1n) is 7.25. The van der Waals surface area contributed by atoms with E-state index in [1.807, 2.05) is 26.0 Å². The highest BCUT2D eigenvalue weighted by Gasteiger charge is 2.07. The number of anilines is 1. The molecule has 0 fully saturated rings. The van der Waals surface area contributed by atoms with Crippen LogP contribution >= 0.6 is 22.6 Å². The van der Waals surface area contributed by atoms with Crippen molar-refractivity contribution in [2.24, 2.45) is 0 Å². The van der Waals surface area contributed by atoms with Crippen LogP contribution in [0.1, 0.15) is 37.9 Å². The Labute approximate surface area is 141 Å². The average Bonchev–Trinajstić information content (AvgIpc) is 2.43. The fourth-order valence-corrected chi connectivity index (χ4v) is 2.64. The summed E-state index contributed by atoms with van der Waals surface area (Å²) in [5, 5.41) is 3.54. The van der Waals surface area contributed by atoms with Gasteiger partial charge in [-0.1, -0.05) is 18.2 Å². The van der Waals surface area contributed by atoms with Crippen LogP contribution in [-0.2, 0) is 0 Å². The Hall–Kier alpha value is -1.23. The van der Waals surface area contributed by atoms with Crippen LogP contribution in [0.5, 0.6) is 5.75 Å². The van der Waals surface area contributed by atoms with Crippen molar-refractivity contribution in [3.63, 3.8) is 0 Å². The van der Waals surface area contributed by atoms with Gasteiger partial charge in [-0.2, -0.15) is 0 Å². The number of aryl methyl sites for hydroxylation is 1. The van der Waals surface area contributed by atoms with Crippen molar-refractivity contribution >= 4 is 28.3 Å². The topological polar surface area (TPSA) is 21.3 Å². The molecule has 112 valence electrons. The first kappa shape index (κ1) is 16.1. The van der Waals surface area contributed by atoms with E-state index in [1.165, 1.54) is 14.7 Å². The minimum absolute atomic E-state index is 0.209. The van der Waals surface area contributed by atoms with Gasteiger partial charge in [0.2, 0.25) is 0 Å². The predicted octanol–water partition coefficient (Wildman–Crippen LogP) is 5.56. The van der Waals surface area contributed by atoms with Crippen LogP contribution < -0.4 is 10.1 Å². The lowest BCUT2D eigenvalue weighted by Gasteiger charge is -2.17. The van der Waals surface area contributed by atoms with Crippen LogP contribution in [0, 0.1) is 10.5 Å². The molecule has 2 aromatic rings. The monoisotopic (exact) mass is 395 g/mol. The molecule has 2 rings (SSSR count). The molecule has 0 radical (unpaired) electrons. The number of halogens is 1. The molecule has 3 heteroatoms. The highest BCUT2D eigenvalue weighted by molar-refractivity contribution is 14.1. The number of benzene rings is 2. The Morgan fingerprint density at radius 2 is 1.67 bits per heavy atom. The molecule has 1 atom stereocenters. The van der Waals surface area contributed by atoms with E-state index in [0.29, 0.717) is 0 Å². The standard InChI is InChI=1S/C18H22INO/c1-12(2)21-17-9-6-15(7-10-17)14(4)20-16-8-5-13(3)18(19)11-16/h5-12,14,20H,1-4H3. The summed E-state index contributed by atoms with van der Waals surface area (Å²) in [4.78, 5) is 0. The summed E-state index contributed by atoms with van der Waals surface area (Å²) in [6.45, 7) is 8.38. The first-order valence-corrected chi connectivity index (χ1v) is 8.33. The lowest BCUT2D eigenvalue weighted by molar-refractivity contribution is 0.242. The molecule has 21 heavy (non-hydrogen) atoms. The minimum atomic E-state index is 0.209. The van der Waals surface area contributed by atoms with Crippen molar-refractivity contribution in [1.29, 1.82) is 0 Å². The van der Waals surface area contributed by atoms with E-state index >= 15 is 0 Å². The van der Waals surface area contributed by atoms with Gasteiger partial charge in [0.15, 0.2) is 0 Å². The van der Waals surface area contributed by atoms with E-state index in [9.17, 15) is 0 Å². The van der Waals surface area contributed by atoms with E-state index in [-0.39, 0.29) is 12.1 Å². The van der Waals surface area contributed by atoms with Crippen molar-refractivity contribution in [2.45, 2.75) is 39.8 Å². The van der Waals surface area contributed by atoms with Gasteiger partial charge in [0, 0.05) is 15.3 Å². The third-order valence-corrected chi connectivity index (χ3v) is 4.47. The van der Waals surface area contributed by atoms with Gasteiger partial charge in [-0.3, -0.25) is 0 Å². The zero-order chi connectivity index (χ0) is 15.4. The van der Waals surface area contributed by atoms with E-state index in [0.717, 1.165) is 11.4 Å². The van der Waals surface area contributed by atoms with Gasteiger partial charge in [0.05, 0.1) is 6.10 Å². The molecule has 0 bridgehead atoms. The second kappa shape index (κ2) is 7.16. The van der Waals surface area contributed by atoms with Crippen LogP contribution in [0.25, 0.3) is 0 Å². The van der Waals surface area contributed by atoms with E-state index in [1.54, 1.807) is 0 Å². The lowest BCUT2D eigenvalue weighted by atomic mass is 10.1. The number of hydrogen-bond acceptors (Lipinski definition) is 2. The summed E-state index contributed by atoms with van der Waals surface area (Å²) >= 11 is 2.37. The summed E-state index contributed by atoms with van der Waals surface area (Å²) in [6, 6.07) is 15.0. The molecule has 1 unspecified atom stereocenters. The predicted molar refractivity (Wildman–Crippen MR) is 98.1 cm³/mol. The lowest BCUT2D eigenvalue weighted by Crippen LogP contribution is -2.08. The van der Waals surface area contributed by atoms with Crippen LogP contribution in [-0.4, -0.2) is 6.10 Å². The van der Waals surface area contributed by atoms with E-state index < -0.39 is 0 Å². The van der Waals surface area contributed by atoms with Crippen molar-refractivity contribution < 1.29 is 4.74 Å². The fraction of sp³-hybridized carbons (Fsp3) is 0.333. The van der Waals surface area contributed by atoms with Crippen molar-refractivity contribution in [2.75, 3.05) is 5.32 Å². The fourth-order valence-electron chi connectivity index (χ4n) is 2.12. The number of ether oxygens (including phenoxy) is 1. The van der Waals surface area contributed by atoms with Gasteiger partial charge >= 0.3 is 0 Å². The van der Waals surface area contributed by atoms with Gasteiger partial charge in [0.1, 0.15) is 5.75 Å². The van der Waals surface area contributed by atoms with Crippen LogP contribution in [0.3, 0.4) is 0 Å². The summed E-state index contributed by atoms with van der Waals surface area (Å²) in [6.07, 6.45) is 0.209. The van der Waals surface area contributed by atoms with E-state index in [4.69, 9.17) is 4.74 Å². The average molecular weight is 395 g/mol.